The number of thiazole rings is 1. The highest BCUT2D eigenvalue weighted by molar-refractivity contribution is 7.07. The third-order valence-electron chi connectivity index (χ3n) is 5.53. The van der Waals surface area contributed by atoms with Crippen LogP contribution in [0.2, 0.25) is 0 Å². The Morgan fingerprint density at radius 1 is 1.03 bits per heavy atom. The second-order valence-corrected chi connectivity index (χ2v) is 8.45. The molecule has 8 nitrogen and oxygen atoms in total. The molecule has 0 N–H and O–H groups in total. The average Bonchev–Trinajstić information content (AvgIpc) is 3.16. The van der Waals surface area contributed by atoms with Gasteiger partial charge in [-0.25, -0.2) is 9.79 Å². The fourth-order valence-corrected chi connectivity index (χ4v) is 5.01. The zero-order chi connectivity index (χ0) is 24.4. The zero-order valence-corrected chi connectivity index (χ0v) is 20.3. The summed E-state index contributed by atoms with van der Waals surface area (Å²) in [7, 11) is 5.83. The van der Waals surface area contributed by atoms with Crippen LogP contribution in [0, 0.1) is 0 Å². The number of carbonyl (C=O) groups is 1. The van der Waals surface area contributed by atoms with Crippen molar-refractivity contribution in [2.75, 3.05) is 28.4 Å². The summed E-state index contributed by atoms with van der Waals surface area (Å²) in [5.41, 5.74) is 1.95. The van der Waals surface area contributed by atoms with Crippen LogP contribution < -0.4 is 29.1 Å². The van der Waals surface area contributed by atoms with Gasteiger partial charge in [0.1, 0.15) is 0 Å². The van der Waals surface area contributed by atoms with Gasteiger partial charge in [-0.1, -0.05) is 41.7 Å². The quantitative estimate of drug-likeness (QED) is 0.504. The molecule has 3 aromatic rings. The fourth-order valence-electron chi connectivity index (χ4n) is 3.97. The minimum Gasteiger partial charge on any atom is -0.493 e. The van der Waals surface area contributed by atoms with Gasteiger partial charge in [0.05, 0.1) is 50.3 Å². The molecule has 2 aromatic carbocycles. The van der Waals surface area contributed by atoms with Gasteiger partial charge >= 0.3 is 5.97 Å². The molecular formula is C25H24N2O6S. The van der Waals surface area contributed by atoms with Crippen molar-refractivity contribution in [3.05, 3.63) is 84.5 Å². The summed E-state index contributed by atoms with van der Waals surface area (Å²) < 4.78 is 23.5. The van der Waals surface area contributed by atoms with Gasteiger partial charge in [-0.15, -0.1) is 0 Å². The van der Waals surface area contributed by atoms with E-state index in [0.717, 1.165) is 5.56 Å². The van der Waals surface area contributed by atoms with Gasteiger partial charge < -0.3 is 18.9 Å². The second-order valence-electron chi connectivity index (χ2n) is 7.44. The molecule has 1 atom stereocenters. The highest BCUT2D eigenvalue weighted by atomic mass is 32.1. The monoisotopic (exact) mass is 480 g/mol. The van der Waals surface area contributed by atoms with Crippen LogP contribution in [0.15, 0.2) is 63.5 Å². The number of hydrogen-bond donors (Lipinski definition) is 0. The number of aromatic nitrogens is 1. The maximum atomic E-state index is 13.6. The van der Waals surface area contributed by atoms with Gasteiger partial charge in [-0.05, 0) is 36.3 Å². The standard InChI is InChI=1S/C25H24N2O6S/c1-14-20(24(29)33-5)21(16-12-17(30-2)22(32-4)18(13-16)31-3)27-23(28)19(34-25(27)26-14)11-15-9-7-6-8-10-15/h6-13,21H,1-5H3/b19-11+/t21-/m0/s1. The van der Waals surface area contributed by atoms with Gasteiger partial charge in [0.2, 0.25) is 5.75 Å². The van der Waals surface area contributed by atoms with Crippen molar-refractivity contribution in [2.45, 2.75) is 13.0 Å². The zero-order valence-electron chi connectivity index (χ0n) is 19.4. The molecule has 0 radical (unpaired) electrons. The second kappa shape index (κ2) is 9.56. The molecule has 0 fully saturated rings. The van der Waals surface area contributed by atoms with E-state index in [9.17, 15) is 9.59 Å². The third kappa shape index (κ3) is 3.99. The molecule has 0 saturated heterocycles. The number of rotatable bonds is 6. The van der Waals surface area contributed by atoms with Crippen LogP contribution in [0.5, 0.6) is 17.2 Å². The Kier molecular flexibility index (Phi) is 6.56. The normalized spacial score (nSPS) is 15.4. The van der Waals surface area contributed by atoms with E-state index in [-0.39, 0.29) is 11.1 Å². The Morgan fingerprint density at radius 3 is 2.24 bits per heavy atom. The molecule has 176 valence electrons. The Balaban J connectivity index is 2.03. The number of ether oxygens (including phenoxy) is 4. The molecule has 1 aliphatic heterocycles. The fraction of sp³-hybridized carbons (Fsp3) is 0.240. The smallest absolute Gasteiger partial charge is 0.338 e. The van der Waals surface area contributed by atoms with Crippen molar-refractivity contribution in [1.82, 2.24) is 4.57 Å². The summed E-state index contributed by atoms with van der Waals surface area (Å²) in [6.45, 7) is 1.73. The molecule has 0 unspecified atom stereocenters. The third-order valence-corrected chi connectivity index (χ3v) is 6.51. The van der Waals surface area contributed by atoms with E-state index in [2.05, 4.69) is 4.99 Å². The molecule has 4 rings (SSSR count). The number of benzene rings is 2. The predicted molar refractivity (Wildman–Crippen MR) is 128 cm³/mol. The first-order chi connectivity index (χ1) is 16.4. The minimum atomic E-state index is -0.796. The van der Waals surface area contributed by atoms with E-state index in [4.69, 9.17) is 18.9 Å². The number of allylic oxidation sites excluding steroid dienone is 1. The van der Waals surface area contributed by atoms with Crippen LogP contribution in [0.4, 0.5) is 0 Å². The minimum absolute atomic E-state index is 0.260. The lowest BCUT2D eigenvalue weighted by atomic mass is 9.95. The number of hydrogen-bond acceptors (Lipinski definition) is 8. The number of esters is 1. The van der Waals surface area contributed by atoms with Gasteiger partial charge in [0, 0.05) is 0 Å². The lowest BCUT2D eigenvalue weighted by molar-refractivity contribution is -0.136. The van der Waals surface area contributed by atoms with E-state index >= 15 is 0 Å². The van der Waals surface area contributed by atoms with Crippen LogP contribution in [-0.2, 0) is 9.53 Å². The maximum Gasteiger partial charge on any atom is 0.338 e. The Morgan fingerprint density at radius 2 is 1.68 bits per heavy atom. The summed E-state index contributed by atoms with van der Waals surface area (Å²) in [5, 5.41) is 0. The van der Waals surface area contributed by atoms with Gasteiger partial charge in [0.25, 0.3) is 5.56 Å². The van der Waals surface area contributed by atoms with Crippen LogP contribution >= 0.6 is 11.3 Å². The molecule has 0 bridgehead atoms. The summed E-state index contributed by atoms with van der Waals surface area (Å²) in [6, 6.07) is 12.2. The lowest BCUT2D eigenvalue weighted by Crippen LogP contribution is -2.39. The maximum absolute atomic E-state index is 13.6. The number of methoxy groups -OCH3 is 4. The summed E-state index contributed by atoms with van der Waals surface area (Å²) in [4.78, 5) is 31.5. The number of fused-ring (bicyclic) bond motifs is 1. The molecule has 2 heterocycles. The molecule has 1 aromatic heterocycles. The highest BCUT2D eigenvalue weighted by Crippen LogP contribution is 2.42. The lowest BCUT2D eigenvalue weighted by Gasteiger charge is -2.25. The summed E-state index contributed by atoms with van der Waals surface area (Å²) in [5.74, 6) is 0.646. The first-order valence-corrected chi connectivity index (χ1v) is 11.2. The Hall–Kier alpha value is -3.85. The first-order valence-electron chi connectivity index (χ1n) is 10.4. The van der Waals surface area contributed by atoms with Crippen molar-refractivity contribution in [1.29, 1.82) is 0 Å². The van der Waals surface area contributed by atoms with E-state index in [0.29, 0.717) is 37.8 Å². The molecule has 9 heteroatoms. The average molecular weight is 481 g/mol. The van der Waals surface area contributed by atoms with Crippen molar-refractivity contribution in [3.8, 4) is 17.2 Å². The molecule has 0 amide bonds. The number of nitrogens with zero attached hydrogens (tertiary/aromatic N) is 2. The Bertz CT molecular complexity index is 1430. The first kappa shape index (κ1) is 23.3. The summed E-state index contributed by atoms with van der Waals surface area (Å²) in [6.07, 6.45) is 1.81. The Labute approximate surface area is 200 Å². The van der Waals surface area contributed by atoms with Crippen molar-refractivity contribution in [3.63, 3.8) is 0 Å². The van der Waals surface area contributed by atoms with Gasteiger partial charge in [0.15, 0.2) is 16.3 Å². The number of carbonyl (C=O) groups excluding carboxylic acids is 1. The van der Waals surface area contributed by atoms with E-state index in [1.807, 2.05) is 36.4 Å². The topological polar surface area (TPSA) is 88.4 Å². The van der Waals surface area contributed by atoms with E-state index in [1.54, 1.807) is 19.1 Å². The molecule has 34 heavy (non-hydrogen) atoms. The van der Waals surface area contributed by atoms with Crippen molar-refractivity contribution >= 4 is 23.4 Å². The SMILES string of the molecule is COC(=O)C1=C(C)N=c2s/c(=C/c3ccccc3)c(=O)n2[C@H]1c1cc(OC)c(OC)c(OC)c1. The van der Waals surface area contributed by atoms with Gasteiger partial charge in [-0.3, -0.25) is 9.36 Å². The highest BCUT2D eigenvalue weighted by Gasteiger charge is 2.34. The summed E-state index contributed by atoms with van der Waals surface area (Å²) >= 11 is 1.26. The van der Waals surface area contributed by atoms with Crippen LogP contribution in [0.3, 0.4) is 0 Å². The van der Waals surface area contributed by atoms with E-state index < -0.39 is 12.0 Å². The van der Waals surface area contributed by atoms with Crippen LogP contribution in [-0.4, -0.2) is 39.0 Å². The largest absolute Gasteiger partial charge is 0.493 e. The molecule has 0 spiro atoms. The molecule has 0 aliphatic carbocycles. The van der Waals surface area contributed by atoms with Crippen molar-refractivity contribution in [2.24, 2.45) is 4.99 Å². The predicted octanol–water partition coefficient (Wildman–Crippen LogP) is 2.43. The van der Waals surface area contributed by atoms with Gasteiger partial charge in [-0.2, -0.15) is 0 Å². The van der Waals surface area contributed by atoms with Crippen molar-refractivity contribution < 1.29 is 23.7 Å². The van der Waals surface area contributed by atoms with E-state index in [1.165, 1.54) is 44.3 Å². The molecule has 1 aliphatic rings. The molecular weight excluding hydrogens is 456 g/mol. The van der Waals surface area contributed by atoms with Crippen LogP contribution in [0.1, 0.15) is 24.1 Å². The van der Waals surface area contributed by atoms with Crippen LogP contribution in [0.25, 0.3) is 6.08 Å². The molecule has 0 saturated carbocycles.